The summed E-state index contributed by atoms with van der Waals surface area (Å²) in [5.41, 5.74) is 6.63. The van der Waals surface area contributed by atoms with Crippen LogP contribution in [0.2, 0.25) is 0 Å². The summed E-state index contributed by atoms with van der Waals surface area (Å²) in [6.45, 7) is -0.102. The van der Waals surface area contributed by atoms with Crippen molar-refractivity contribution in [3.8, 4) is 0 Å². The number of nitrogens with zero attached hydrogens (tertiary/aromatic N) is 1. The number of benzene rings is 1. The Morgan fingerprint density at radius 1 is 1.35 bits per heavy atom. The predicted molar refractivity (Wildman–Crippen MR) is 56.5 cm³/mol. The minimum atomic E-state index is -4.87. The van der Waals surface area contributed by atoms with Crippen LogP contribution in [0.25, 0.3) is 0 Å². The number of carbonyl (C=O) groups excluding carboxylic acids is 1. The van der Waals surface area contributed by atoms with Crippen molar-refractivity contribution in [1.29, 1.82) is 0 Å². The Bertz CT molecular complexity index is 445. The predicted octanol–water partition coefficient (Wildman–Crippen LogP) is 1.47. The molecule has 0 fully saturated rings. The first kappa shape index (κ1) is 11.9. The number of hydrogen-bond donors (Lipinski definition) is 1. The largest absolute Gasteiger partial charge is 0.471 e. The number of anilines is 1. The minimum Gasteiger partial charge on any atom is -0.326 e. The number of carbonyl (C=O) groups is 1. The van der Waals surface area contributed by atoms with Crippen LogP contribution < -0.4 is 10.6 Å². The fraction of sp³-hybridized carbons (Fsp3) is 0.364. The van der Waals surface area contributed by atoms with Crippen LogP contribution in [-0.4, -0.2) is 24.7 Å². The zero-order valence-electron chi connectivity index (χ0n) is 8.87. The second kappa shape index (κ2) is 4.03. The number of alkyl halides is 3. The van der Waals surface area contributed by atoms with Crippen LogP contribution in [0, 0.1) is 0 Å². The highest BCUT2D eigenvalue weighted by Crippen LogP contribution is 2.30. The topological polar surface area (TPSA) is 46.3 Å². The summed E-state index contributed by atoms with van der Waals surface area (Å²) in [5, 5.41) is 0. The Hall–Kier alpha value is -1.56. The molecule has 1 aliphatic rings. The van der Waals surface area contributed by atoms with E-state index in [9.17, 15) is 18.0 Å². The number of amides is 1. The summed E-state index contributed by atoms with van der Waals surface area (Å²) in [7, 11) is 0. The summed E-state index contributed by atoms with van der Waals surface area (Å²) in [6, 6.07) is 6.05. The van der Waals surface area contributed by atoms with Crippen molar-refractivity contribution in [3.05, 3.63) is 29.8 Å². The standard InChI is InChI=1S/C11H11F3N2O/c12-11(13,14)10(17)16-6-8(15)5-7-3-1-2-4-9(7)16/h1-4,8H,5-6,15H2/t8-/m1/s1. The smallest absolute Gasteiger partial charge is 0.326 e. The van der Waals surface area contributed by atoms with Gasteiger partial charge < -0.3 is 10.6 Å². The molecule has 3 nitrogen and oxygen atoms in total. The fourth-order valence-electron chi connectivity index (χ4n) is 1.97. The first-order valence-corrected chi connectivity index (χ1v) is 5.12. The average molecular weight is 244 g/mol. The van der Waals surface area contributed by atoms with Gasteiger partial charge in [0, 0.05) is 18.3 Å². The molecule has 6 heteroatoms. The van der Waals surface area contributed by atoms with Gasteiger partial charge in [-0.2, -0.15) is 13.2 Å². The molecule has 0 bridgehead atoms. The second-order valence-electron chi connectivity index (χ2n) is 4.01. The van der Waals surface area contributed by atoms with E-state index in [0.29, 0.717) is 22.6 Å². The molecular weight excluding hydrogens is 233 g/mol. The molecule has 1 aromatic carbocycles. The maximum atomic E-state index is 12.4. The van der Waals surface area contributed by atoms with E-state index in [2.05, 4.69) is 0 Å². The lowest BCUT2D eigenvalue weighted by molar-refractivity contribution is -0.170. The Balaban J connectivity index is 2.40. The van der Waals surface area contributed by atoms with Crippen molar-refractivity contribution in [2.45, 2.75) is 18.6 Å². The third-order valence-corrected chi connectivity index (χ3v) is 2.67. The number of nitrogens with two attached hydrogens (primary N) is 1. The lowest BCUT2D eigenvalue weighted by atomic mass is 9.98. The van der Waals surface area contributed by atoms with Gasteiger partial charge in [0.25, 0.3) is 0 Å². The molecule has 0 saturated heterocycles. The first-order chi connectivity index (χ1) is 7.89. The van der Waals surface area contributed by atoms with Crippen molar-refractivity contribution < 1.29 is 18.0 Å². The number of para-hydroxylation sites is 1. The van der Waals surface area contributed by atoms with Crippen molar-refractivity contribution in [2.24, 2.45) is 5.73 Å². The van der Waals surface area contributed by atoms with E-state index in [1.54, 1.807) is 18.2 Å². The summed E-state index contributed by atoms with van der Waals surface area (Å²) in [6.07, 6.45) is -4.39. The van der Waals surface area contributed by atoms with Crippen LogP contribution in [0.4, 0.5) is 18.9 Å². The number of rotatable bonds is 0. The van der Waals surface area contributed by atoms with Gasteiger partial charge in [-0.3, -0.25) is 4.79 Å². The lowest BCUT2D eigenvalue weighted by Crippen LogP contribution is -2.50. The monoisotopic (exact) mass is 244 g/mol. The quantitative estimate of drug-likeness (QED) is 0.751. The summed E-state index contributed by atoms with van der Waals surface area (Å²) < 4.78 is 37.3. The van der Waals surface area contributed by atoms with Crippen LogP contribution in [-0.2, 0) is 11.2 Å². The molecule has 1 atom stereocenters. The van der Waals surface area contributed by atoms with Gasteiger partial charge in [0.05, 0.1) is 0 Å². The van der Waals surface area contributed by atoms with E-state index < -0.39 is 18.1 Å². The molecule has 1 heterocycles. The number of halogens is 3. The van der Waals surface area contributed by atoms with Crippen LogP contribution in [0.15, 0.2) is 24.3 Å². The first-order valence-electron chi connectivity index (χ1n) is 5.12. The Labute approximate surface area is 96.0 Å². The van der Waals surface area contributed by atoms with Crippen molar-refractivity contribution in [3.63, 3.8) is 0 Å². The maximum absolute atomic E-state index is 12.4. The van der Waals surface area contributed by atoms with Gasteiger partial charge in [0.1, 0.15) is 0 Å². The van der Waals surface area contributed by atoms with Gasteiger partial charge in [-0.05, 0) is 18.1 Å². The molecule has 1 aliphatic heterocycles. The number of hydrogen-bond acceptors (Lipinski definition) is 2. The molecular formula is C11H11F3N2O. The normalized spacial score (nSPS) is 20.0. The Morgan fingerprint density at radius 3 is 2.65 bits per heavy atom. The molecule has 92 valence electrons. The van der Waals surface area contributed by atoms with E-state index in [0.717, 1.165) is 0 Å². The second-order valence-corrected chi connectivity index (χ2v) is 4.01. The molecule has 2 rings (SSSR count). The average Bonchev–Trinajstić information content (AvgIpc) is 2.25. The van der Waals surface area contributed by atoms with E-state index in [4.69, 9.17) is 5.73 Å². The highest BCUT2D eigenvalue weighted by Gasteiger charge is 2.44. The minimum absolute atomic E-state index is 0.102. The highest BCUT2D eigenvalue weighted by atomic mass is 19.4. The van der Waals surface area contributed by atoms with E-state index in [1.807, 2.05) is 0 Å². The van der Waals surface area contributed by atoms with Gasteiger partial charge in [0.15, 0.2) is 0 Å². The van der Waals surface area contributed by atoms with Gasteiger partial charge in [-0.25, -0.2) is 0 Å². The van der Waals surface area contributed by atoms with Gasteiger partial charge >= 0.3 is 12.1 Å². The molecule has 2 N–H and O–H groups in total. The van der Waals surface area contributed by atoms with Gasteiger partial charge in [-0.15, -0.1) is 0 Å². The van der Waals surface area contributed by atoms with Crippen molar-refractivity contribution in [2.75, 3.05) is 11.4 Å². The molecule has 1 aromatic rings. The van der Waals surface area contributed by atoms with Gasteiger partial charge in [-0.1, -0.05) is 18.2 Å². The molecule has 1 amide bonds. The summed E-state index contributed by atoms with van der Waals surface area (Å²) >= 11 is 0. The van der Waals surface area contributed by atoms with Crippen molar-refractivity contribution >= 4 is 11.6 Å². The molecule has 0 saturated carbocycles. The third-order valence-electron chi connectivity index (χ3n) is 2.67. The molecule has 0 radical (unpaired) electrons. The Kier molecular flexibility index (Phi) is 2.82. The molecule has 0 aliphatic carbocycles. The zero-order chi connectivity index (χ0) is 12.6. The van der Waals surface area contributed by atoms with Crippen LogP contribution >= 0.6 is 0 Å². The molecule has 0 spiro atoms. The third kappa shape index (κ3) is 2.26. The van der Waals surface area contributed by atoms with E-state index >= 15 is 0 Å². The SMILES string of the molecule is N[C@@H]1Cc2ccccc2N(C(=O)C(F)(F)F)C1. The summed E-state index contributed by atoms with van der Waals surface area (Å²) in [5.74, 6) is -1.86. The van der Waals surface area contributed by atoms with Crippen LogP contribution in [0.5, 0.6) is 0 Å². The fourth-order valence-corrected chi connectivity index (χ4v) is 1.97. The molecule has 0 aromatic heterocycles. The van der Waals surface area contributed by atoms with Gasteiger partial charge in [0.2, 0.25) is 0 Å². The number of fused-ring (bicyclic) bond motifs is 1. The molecule has 0 unspecified atom stereocenters. The van der Waals surface area contributed by atoms with E-state index in [-0.39, 0.29) is 6.54 Å². The molecule has 17 heavy (non-hydrogen) atoms. The van der Waals surface area contributed by atoms with E-state index in [1.165, 1.54) is 6.07 Å². The highest BCUT2D eigenvalue weighted by molar-refractivity contribution is 5.98. The van der Waals surface area contributed by atoms with Crippen LogP contribution in [0.1, 0.15) is 5.56 Å². The van der Waals surface area contributed by atoms with Crippen molar-refractivity contribution in [1.82, 2.24) is 0 Å². The van der Waals surface area contributed by atoms with Crippen LogP contribution in [0.3, 0.4) is 0 Å². The Morgan fingerprint density at radius 2 is 2.00 bits per heavy atom. The lowest BCUT2D eigenvalue weighted by Gasteiger charge is -2.33. The zero-order valence-corrected chi connectivity index (χ0v) is 8.87. The maximum Gasteiger partial charge on any atom is 0.471 e. The summed E-state index contributed by atoms with van der Waals surface area (Å²) in [4.78, 5) is 12.0.